The smallest absolute Gasteiger partial charge is 0.417 e. The molecule has 30 heavy (non-hydrogen) atoms. The summed E-state index contributed by atoms with van der Waals surface area (Å²) in [5.74, 6) is -0.783. The molecule has 1 atom stereocenters. The van der Waals surface area contributed by atoms with E-state index in [1.807, 2.05) is 0 Å². The summed E-state index contributed by atoms with van der Waals surface area (Å²) in [4.78, 5) is 15.6. The number of alkyl halides is 3. The first kappa shape index (κ1) is 20.7. The minimum atomic E-state index is -4.77. The monoisotopic (exact) mass is 471 g/mol. The number of carbonyl (C=O) groups is 1. The maximum atomic E-state index is 13.3. The Morgan fingerprint density at radius 3 is 2.60 bits per heavy atom. The van der Waals surface area contributed by atoms with E-state index in [1.54, 1.807) is 4.90 Å². The van der Waals surface area contributed by atoms with Gasteiger partial charge in [-0.1, -0.05) is 23.2 Å². The molecular weight excluding hydrogens is 462 g/mol. The average Bonchev–Trinajstić information content (AvgIpc) is 2.94. The Labute approximate surface area is 183 Å². The highest BCUT2D eigenvalue weighted by molar-refractivity contribution is 7.80. The van der Waals surface area contributed by atoms with Crippen LogP contribution < -0.4 is 4.90 Å². The van der Waals surface area contributed by atoms with Crippen molar-refractivity contribution in [3.05, 3.63) is 56.6 Å². The summed E-state index contributed by atoms with van der Waals surface area (Å²) in [6.07, 6.45) is -4.59. The summed E-state index contributed by atoms with van der Waals surface area (Å²) >= 11 is 17.5. The maximum Gasteiger partial charge on any atom is 0.417 e. The minimum absolute atomic E-state index is 0.0130. The fourth-order valence-corrected chi connectivity index (χ4v) is 4.63. The fourth-order valence-electron chi connectivity index (χ4n) is 3.68. The molecule has 2 aliphatic rings. The van der Waals surface area contributed by atoms with E-state index in [2.05, 4.69) is 0 Å². The van der Waals surface area contributed by atoms with E-state index < -0.39 is 29.3 Å². The minimum Gasteiger partial charge on any atom is -0.505 e. The molecular formula is C19H10Cl2F3N3O2S. The van der Waals surface area contributed by atoms with Gasteiger partial charge in [0.2, 0.25) is 0 Å². The highest BCUT2D eigenvalue weighted by Gasteiger charge is 2.47. The maximum absolute atomic E-state index is 13.3. The van der Waals surface area contributed by atoms with Gasteiger partial charge in [-0.25, -0.2) is 0 Å². The van der Waals surface area contributed by atoms with Crippen molar-refractivity contribution in [3.63, 3.8) is 0 Å². The van der Waals surface area contributed by atoms with Crippen molar-refractivity contribution in [2.24, 2.45) is 0 Å². The molecule has 1 N–H and O–H groups in total. The predicted molar refractivity (Wildman–Crippen MR) is 107 cm³/mol. The first-order chi connectivity index (χ1) is 14.0. The lowest BCUT2D eigenvalue weighted by Gasteiger charge is -2.31. The second-order valence-electron chi connectivity index (χ2n) is 6.80. The molecule has 4 rings (SSSR count). The van der Waals surface area contributed by atoms with E-state index in [4.69, 9.17) is 40.7 Å². The Kier molecular flexibility index (Phi) is 4.84. The summed E-state index contributed by atoms with van der Waals surface area (Å²) in [7, 11) is 0. The number of halogens is 5. The number of rotatable bonds is 1. The van der Waals surface area contributed by atoms with Crippen molar-refractivity contribution in [3.8, 4) is 11.8 Å². The zero-order valence-corrected chi connectivity index (χ0v) is 17.1. The Bertz CT molecular complexity index is 1160. The number of fused-ring (bicyclic) bond motifs is 2. The molecule has 0 aromatic heterocycles. The number of carbonyl (C=O) groups excluding carboxylic acids is 1. The van der Waals surface area contributed by atoms with Gasteiger partial charge in [-0.05, 0) is 47.6 Å². The number of anilines is 1. The van der Waals surface area contributed by atoms with Crippen LogP contribution in [0.2, 0.25) is 10.0 Å². The topological polar surface area (TPSA) is 67.6 Å². The highest BCUT2D eigenvalue weighted by atomic mass is 35.5. The van der Waals surface area contributed by atoms with Crippen LogP contribution in [-0.2, 0) is 23.9 Å². The molecule has 1 amide bonds. The molecule has 2 aromatic rings. The molecule has 1 saturated heterocycles. The highest BCUT2D eigenvalue weighted by Crippen LogP contribution is 2.43. The molecule has 1 fully saturated rings. The van der Waals surface area contributed by atoms with Gasteiger partial charge in [-0.15, -0.1) is 0 Å². The Hall–Kier alpha value is -2.54. The first-order valence-corrected chi connectivity index (χ1v) is 9.65. The van der Waals surface area contributed by atoms with Gasteiger partial charge < -0.3 is 10.0 Å². The Balaban J connectivity index is 1.75. The molecule has 0 spiro atoms. The van der Waals surface area contributed by atoms with E-state index >= 15 is 0 Å². The van der Waals surface area contributed by atoms with Gasteiger partial charge in [-0.3, -0.25) is 9.69 Å². The lowest BCUT2D eigenvalue weighted by molar-refractivity contribution is -0.137. The van der Waals surface area contributed by atoms with Crippen LogP contribution in [0.5, 0.6) is 5.75 Å². The number of benzene rings is 2. The number of hydrogen-bond acceptors (Lipinski definition) is 4. The second kappa shape index (κ2) is 7.01. The summed E-state index contributed by atoms with van der Waals surface area (Å²) in [5.41, 5.74) is -0.584. The third kappa shape index (κ3) is 3.07. The zero-order valence-electron chi connectivity index (χ0n) is 14.8. The average molecular weight is 472 g/mol. The third-order valence-corrected chi connectivity index (χ3v) is 6.25. The van der Waals surface area contributed by atoms with Crippen molar-refractivity contribution in [2.75, 3.05) is 4.90 Å². The molecule has 5 nitrogen and oxygen atoms in total. The summed E-state index contributed by atoms with van der Waals surface area (Å²) in [6.45, 7) is 0.0903. The molecule has 11 heteroatoms. The van der Waals surface area contributed by atoms with Crippen molar-refractivity contribution in [2.45, 2.75) is 25.2 Å². The van der Waals surface area contributed by atoms with Gasteiger partial charge in [-0.2, -0.15) is 18.4 Å². The Morgan fingerprint density at radius 2 is 1.97 bits per heavy atom. The van der Waals surface area contributed by atoms with Gasteiger partial charge in [0, 0.05) is 13.0 Å². The van der Waals surface area contributed by atoms with Crippen LogP contribution in [0.15, 0.2) is 24.3 Å². The lowest BCUT2D eigenvalue weighted by atomic mass is 9.94. The number of hydrogen-bond donors (Lipinski definition) is 1. The van der Waals surface area contributed by atoms with Crippen LogP contribution in [0.25, 0.3) is 0 Å². The number of phenols is 1. The fraction of sp³-hybridized carbons (Fsp3) is 0.211. The number of amides is 1. The van der Waals surface area contributed by atoms with Crippen LogP contribution in [0, 0.1) is 11.3 Å². The quantitative estimate of drug-likeness (QED) is 0.613. The van der Waals surface area contributed by atoms with Gasteiger partial charge in [0.25, 0.3) is 5.91 Å². The molecule has 2 heterocycles. The normalized spacial score (nSPS) is 18.3. The van der Waals surface area contributed by atoms with Crippen LogP contribution in [-0.4, -0.2) is 27.1 Å². The molecule has 154 valence electrons. The molecule has 0 bridgehead atoms. The van der Waals surface area contributed by atoms with Gasteiger partial charge in [0.1, 0.15) is 6.04 Å². The van der Waals surface area contributed by atoms with Crippen LogP contribution >= 0.6 is 35.4 Å². The second-order valence-corrected chi connectivity index (χ2v) is 7.95. The number of phenolic OH excluding ortho intramolecular Hbond substituents is 1. The van der Waals surface area contributed by atoms with Crippen molar-refractivity contribution in [1.82, 2.24) is 4.90 Å². The van der Waals surface area contributed by atoms with Gasteiger partial charge in [0.15, 0.2) is 10.9 Å². The van der Waals surface area contributed by atoms with E-state index in [1.165, 1.54) is 18.2 Å². The lowest BCUT2D eigenvalue weighted by Crippen LogP contribution is -2.40. The SMILES string of the molecule is N#Cc1ccc(N2C(=O)C3Cc4cc(Cl)c(O)c(Cl)c4CN3C2=S)cc1C(F)(F)F. The van der Waals surface area contributed by atoms with Crippen LogP contribution in [0.4, 0.5) is 18.9 Å². The number of nitrogens with zero attached hydrogens (tertiary/aromatic N) is 3. The van der Waals surface area contributed by atoms with Crippen molar-refractivity contribution >= 4 is 52.1 Å². The van der Waals surface area contributed by atoms with E-state index in [0.29, 0.717) is 11.1 Å². The summed E-state index contributed by atoms with van der Waals surface area (Å²) < 4.78 is 40.0. The van der Waals surface area contributed by atoms with Crippen LogP contribution in [0.3, 0.4) is 0 Å². The van der Waals surface area contributed by atoms with Crippen molar-refractivity contribution < 1.29 is 23.1 Å². The molecule has 2 aromatic carbocycles. The Morgan fingerprint density at radius 1 is 1.27 bits per heavy atom. The van der Waals surface area contributed by atoms with E-state index in [9.17, 15) is 23.1 Å². The van der Waals surface area contributed by atoms with Crippen molar-refractivity contribution in [1.29, 1.82) is 5.26 Å². The standard InChI is InChI=1S/C19H10Cl2F3N3O2S/c20-13-3-9-4-14-17(29)27(18(30)26(14)7-11(9)15(21)16(13)28)10-2-1-8(6-25)12(5-10)19(22,23)24/h1-3,5,14,28H,4,7H2. The molecule has 0 radical (unpaired) electrons. The zero-order chi connectivity index (χ0) is 22.0. The van der Waals surface area contributed by atoms with E-state index in [0.717, 1.165) is 17.0 Å². The predicted octanol–water partition coefficient (Wildman–Crippen LogP) is 4.65. The summed E-state index contributed by atoms with van der Waals surface area (Å²) in [6, 6.07) is 5.27. The van der Waals surface area contributed by atoms with E-state index in [-0.39, 0.29) is 39.6 Å². The largest absolute Gasteiger partial charge is 0.505 e. The molecule has 2 aliphatic heterocycles. The molecule has 0 saturated carbocycles. The van der Waals surface area contributed by atoms with Gasteiger partial charge >= 0.3 is 6.18 Å². The van der Waals surface area contributed by atoms with Gasteiger partial charge in [0.05, 0.1) is 32.9 Å². The number of thiocarbonyl (C=S) groups is 1. The third-order valence-electron chi connectivity index (χ3n) is 5.14. The molecule has 0 aliphatic carbocycles. The molecule has 1 unspecified atom stereocenters. The van der Waals surface area contributed by atoms with Crippen LogP contribution in [0.1, 0.15) is 22.3 Å². The number of nitriles is 1. The first-order valence-electron chi connectivity index (χ1n) is 8.49. The summed E-state index contributed by atoms with van der Waals surface area (Å²) in [5, 5.41) is 19.1. The number of aromatic hydroxyl groups is 1.